The molecule has 0 amide bonds. The minimum Gasteiger partial charge on any atom is -0.373 e. The van der Waals surface area contributed by atoms with Crippen molar-refractivity contribution in [3.63, 3.8) is 0 Å². The lowest BCUT2D eigenvalue weighted by atomic mass is 9.80. The Morgan fingerprint density at radius 3 is 3.21 bits per heavy atom. The molecule has 3 rings (SSSR count). The van der Waals surface area contributed by atoms with Crippen molar-refractivity contribution in [2.24, 2.45) is 5.92 Å². The summed E-state index contributed by atoms with van der Waals surface area (Å²) in [4.78, 5) is 0. The van der Waals surface area contributed by atoms with Crippen molar-refractivity contribution in [2.75, 3.05) is 6.61 Å². The van der Waals surface area contributed by atoms with Crippen molar-refractivity contribution in [1.82, 2.24) is 0 Å². The topological polar surface area (TPSA) is 9.23 Å². The molecule has 1 nitrogen and oxygen atoms in total. The zero-order valence-corrected chi connectivity index (χ0v) is 8.41. The summed E-state index contributed by atoms with van der Waals surface area (Å²) in [5, 5.41) is 0. The Balaban J connectivity index is 2.00. The van der Waals surface area contributed by atoms with Crippen molar-refractivity contribution in [2.45, 2.75) is 31.8 Å². The van der Waals surface area contributed by atoms with Gasteiger partial charge in [0.25, 0.3) is 0 Å². The van der Waals surface area contributed by atoms with Gasteiger partial charge in [-0.2, -0.15) is 0 Å². The first-order valence-corrected chi connectivity index (χ1v) is 5.64. The number of hydrogen-bond donors (Lipinski definition) is 0. The summed E-state index contributed by atoms with van der Waals surface area (Å²) in [6, 6.07) is 0. The molecule has 1 aliphatic heterocycles. The van der Waals surface area contributed by atoms with Gasteiger partial charge in [0.2, 0.25) is 0 Å². The van der Waals surface area contributed by atoms with Crippen LogP contribution < -0.4 is 0 Å². The summed E-state index contributed by atoms with van der Waals surface area (Å²) in [7, 11) is 0. The highest BCUT2D eigenvalue weighted by Gasteiger charge is 2.30. The number of rotatable bonds is 0. The summed E-state index contributed by atoms with van der Waals surface area (Å²) in [6.07, 6.45) is 14.5. The second kappa shape index (κ2) is 3.39. The van der Waals surface area contributed by atoms with Crippen LogP contribution in [-0.4, -0.2) is 12.7 Å². The van der Waals surface area contributed by atoms with Crippen LogP contribution in [0.4, 0.5) is 0 Å². The van der Waals surface area contributed by atoms with Gasteiger partial charge in [0, 0.05) is 5.92 Å². The summed E-state index contributed by atoms with van der Waals surface area (Å²) in [5.41, 5.74) is 3.15. The Hall–Kier alpha value is -0.820. The molecule has 2 aliphatic carbocycles. The Bertz CT molecular complexity index is 322. The molecule has 2 atom stereocenters. The minimum absolute atomic E-state index is 0.450. The van der Waals surface area contributed by atoms with Crippen LogP contribution >= 0.6 is 0 Å². The monoisotopic (exact) mass is 188 g/mol. The van der Waals surface area contributed by atoms with Crippen LogP contribution in [0.25, 0.3) is 0 Å². The third-order valence-electron chi connectivity index (χ3n) is 3.53. The normalized spacial score (nSPS) is 35.4. The average Bonchev–Trinajstić information content (AvgIpc) is 2.29. The lowest BCUT2D eigenvalue weighted by molar-refractivity contribution is 0.0366. The molecule has 0 bridgehead atoms. The second-order valence-electron chi connectivity index (χ2n) is 4.40. The van der Waals surface area contributed by atoms with Gasteiger partial charge in [0.15, 0.2) is 0 Å². The molecule has 0 aromatic rings. The van der Waals surface area contributed by atoms with Crippen molar-refractivity contribution < 1.29 is 4.74 Å². The van der Waals surface area contributed by atoms with E-state index in [1.165, 1.54) is 25.7 Å². The van der Waals surface area contributed by atoms with E-state index in [-0.39, 0.29) is 0 Å². The van der Waals surface area contributed by atoms with Crippen LogP contribution in [0.5, 0.6) is 0 Å². The molecule has 3 aliphatic rings. The lowest BCUT2D eigenvalue weighted by Crippen LogP contribution is -2.31. The fourth-order valence-corrected chi connectivity index (χ4v) is 2.79. The number of ether oxygens (including phenoxy) is 1. The van der Waals surface area contributed by atoms with Crippen LogP contribution in [0.1, 0.15) is 25.7 Å². The maximum Gasteiger partial charge on any atom is 0.0791 e. The van der Waals surface area contributed by atoms with E-state index in [9.17, 15) is 0 Å². The summed E-state index contributed by atoms with van der Waals surface area (Å²) in [6.45, 7) is 0.893. The van der Waals surface area contributed by atoms with Gasteiger partial charge in [0.05, 0.1) is 12.7 Å². The molecule has 2 unspecified atom stereocenters. The molecule has 1 heteroatoms. The van der Waals surface area contributed by atoms with Crippen molar-refractivity contribution in [1.29, 1.82) is 0 Å². The number of allylic oxidation sites excluding steroid dienone is 3. The van der Waals surface area contributed by atoms with Gasteiger partial charge < -0.3 is 4.74 Å². The van der Waals surface area contributed by atoms with E-state index < -0.39 is 0 Å². The molecule has 74 valence electrons. The Morgan fingerprint density at radius 1 is 1.21 bits per heavy atom. The Morgan fingerprint density at radius 2 is 2.21 bits per heavy atom. The van der Waals surface area contributed by atoms with Crippen molar-refractivity contribution >= 4 is 0 Å². The zero-order chi connectivity index (χ0) is 9.38. The van der Waals surface area contributed by atoms with Crippen LogP contribution in [0, 0.1) is 5.92 Å². The first-order valence-electron chi connectivity index (χ1n) is 5.64. The largest absolute Gasteiger partial charge is 0.373 e. The highest BCUT2D eigenvalue weighted by molar-refractivity contribution is 5.40. The Labute approximate surface area is 85.1 Å². The third-order valence-corrected chi connectivity index (χ3v) is 3.53. The highest BCUT2D eigenvalue weighted by atomic mass is 16.5. The van der Waals surface area contributed by atoms with E-state index in [1.807, 2.05) is 0 Å². The van der Waals surface area contributed by atoms with Crippen LogP contribution in [0.15, 0.2) is 35.5 Å². The lowest BCUT2D eigenvalue weighted by Gasteiger charge is -2.36. The molecule has 1 fully saturated rings. The zero-order valence-electron chi connectivity index (χ0n) is 8.41. The van der Waals surface area contributed by atoms with Crippen LogP contribution in [0.3, 0.4) is 0 Å². The summed E-state index contributed by atoms with van der Waals surface area (Å²) >= 11 is 0. The minimum atomic E-state index is 0.450. The van der Waals surface area contributed by atoms with Gasteiger partial charge >= 0.3 is 0 Å². The molecule has 0 aromatic carbocycles. The second-order valence-corrected chi connectivity index (χ2v) is 4.40. The molecule has 0 aromatic heterocycles. The first-order chi connectivity index (χ1) is 6.95. The molecule has 0 saturated heterocycles. The van der Waals surface area contributed by atoms with E-state index in [4.69, 9.17) is 4.74 Å². The standard InChI is InChI=1S/C13H16O/c1-2-6-11-10(5-1)9-14-13-8-4-3-7-12(11)13/h1-2,5-6,10,13H,3-4,7-9H2. The van der Waals surface area contributed by atoms with Crippen molar-refractivity contribution in [3.05, 3.63) is 35.5 Å². The third kappa shape index (κ3) is 1.27. The number of hydrogen-bond acceptors (Lipinski definition) is 1. The summed E-state index contributed by atoms with van der Waals surface area (Å²) in [5.74, 6) is 0.546. The predicted molar refractivity (Wildman–Crippen MR) is 57.0 cm³/mol. The number of fused-ring (bicyclic) bond motifs is 2. The molecule has 1 saturated carbocycles. The average molecular weight is 188 g/mol. The van der Waals surface area contributed by atoms with E-state index in [1.54, 1.807) is 11.1 Å². The smallest absolute Gasteiger partial charge is 0.0791 e. The van der Waals surface area contributed by atoms with E-state index in [2.05, 4.69) is 24.3 Å². The van der Waals surface area contributed by atoms with Crippen LogP contribution in [-0.2, 0) is 4.74 Å². The molecule has 1 heterocycles. The summed E-state index contributed by atoms with van der Waals surface area (Å²) < 4.78 is 5.91. The fourth-order valence-electron chi connectivity index (χ4n) is 2.79. The van der Waals surface area contributed by atoms with Gasteiger partial charge in [-0.05, 0) is 30.4 Å². The first kappa shape index (κ1) is 8.49. The highest BCUT2D eigenvalue weighted by Crippen LogP contribution is 2.37. The Kier molecular flexibility index (Phi) is 2.06. The van der Waals surface area contributed by atoms with E-state index in [0.29, 0.717) is 12.0 Å². The molecular formula is C13H16O. The van der Waals surface area contributed by atoms with Gasteiger partial charge in [0.1, 0.15) is 0 Å². The molecule has 14 heavy (non-hydrogen) atoms. The van der Waals surface area contributed by atoms with E-state index >= 15 is 0 Å². The van der Waals surface area contributed by atoms with E-state index in [0.717, 1.165) is 6.61 Å². The molecule has 0 spiro atoms. The molecular weight excluding hydrogens is 172 g/mol. The predicted octanol–water partition coefficient (Wildman–Crippen LogP) is 3.00. The molecule has 0 N–H and O–H groups in total. The maximum atomic E-state index is 5.91. The van der Waals surface area contributed by atoms with Crippen LogP contribution in [0.2, 0.25) is 0 Å². The fraction of sp³-hybridized carbons (Fsp3) is 0.538. The van der Waals surface area contributed by atoms with Crippen molar-refractivity contribution in [3.8, 4) is 0 Å². The maximum absolute atomic E-state index is 5.91. The van der Waals surface area contributed by atoms with Gasteiger partial charge in [-0.25, -0.2) is 0 Å². The van der Waals surface area contributed by atoms with Gasteiger partial charge in [-0.3, -0.25) is 0 Å². The van der Waals surface area contributed by atoms with Gasteiger partial charge in [-0.1, -0.05) is 30.7 Å². The SMILES string of the molecule is C1=CC2=C3CCCCC3OCC2C=C1. The van der Waals surface area contributed by atoms with Gasteiger partial charge in [-0.15, -0.1) is 0 Å². The quantitative estimate of drug-likeness (QED) is 0.568. The molecule has 0 radical (unpaired) electrons.